The summed E-state index contributed by atoms with van der Waals surface area (Å²) in [4.78, 5) is 12.5. The predicted octanol–water partition coefficient (Wildman–Crippen LogP) is 5.32. The molecule has 0 N–H and O–H groups in total. The molecule has 1 heterocycles. The summed E-state index contributed by atoms with van der Waals surface area (Å²) in [7, 11) is 0. The van der Waals surface area contributed by atoms with E-state index in [4.69, 9.17) is 4.74 Å². The van der Waals surface area contributed by atoms with E-state index in [1.807, 2.05) is 39.1 Å². The van der Waals surface area contributed by atoms with Gasteiger partial charge in [0, 0.05) is 11.6 Å². The minimum Gasteiger partial charge on any atom is -0.443 e. The molecule has 22 heavy (non-hydrogen) atoms. The molecule has 0 saturated carbocycles. The molecule has 0 aliphatic heterocycles. The molecule has 0 saturated heterocycles. The number of ether oxygens (including phenoxy) is 1. The standard InChI is InChI=1S/C19H27NO2/c1-7-13(2)10-15-12-20(18(21)22-19(4,5)6)17-9-8-14(3)11-16(15)17/h8-9,11-13H,7,10H2,1-6H3. The van der Waals surface area contributed by atoms with Gasteiger partial charge < -0.3 is 4.74 Å². The zero-order valence-corrected chi connectivity index (χ0v) is 14.6. The first-order valence-corrected chi connectivity index (χ1v) is 8.05. The lowest BCUT2D eigenvalue weighted by atomic mass is 9.98. The minimum absolute atomic E-state index is 0.309. The highest BCUT2D eigenvalue weighted by molar-refractivity contribution is 5.92. The third-order valence-electron chi connectivity index (χ3n) is 3.90. The van der Waals surface area contributed by atoms with Crippen LogP contribution in [0.5, 0.6) is 0 Å². The van der Waals surface area contributed by atoms with Crippen LogP contribution in [0.15, 0.2) is 24.4 Å². The summed E-state index contributed by atoms with van der Waals surface area (Å²) >= 11 is 0. The van der Waals surface area contributed by atoms with Crippen LogP contribution in [0.3, 0.4) is 0 Å². The van der Waals surface area contributed by atoms with Crippen molar-refractivity contribution < 1.29 is 9.53 Å². The fourth-order valence-corrected chi connectivity index (χ4v) is 2.56. The Balaban J connectivity index is 2.49. The molecule has 1 atom stereocenters. The molecule has 0 spiro atoms. The molecule has 0 amide bonds. The Kier molecular flexibility index (Phi) is 4.64. The zero-order valence-electron chi connectivity index (χ0n) is 14.6. The van der Waals surface area contributed by atoms with Gasteiger partial charge in [-0.25, -0.2) is 4.79 Å². The van der Waals surface area contributed by atoms with E-state index in [1.165, 1.54) is 11.1 Å². The number of benzene rings is 1. The first-order chi connectivity index (χ1) is 10.2. The van der Waals surface area contributed by atoms with E-state index in [0.29, 0.717) is 5.92 Å². The summed E-state index contributed by atoms with van der Waals surface area (Å²) in [5.74, 6) is 0.596. The highest BCUT2D eigenvalue weighted by Gasteiger charge is 2.21. The number of aryl methyl sites for hydroxylation is 1. The van der Waals surface area contributed by atoms with E-state index >= 15 is 0 Å². The first-order valence-electron chi connectivity index (χ1n) is 8.05. The quantitative estimate of drug-likeness (QED) is 0.768. The number of rotatable bonds is 3. The third kappa shape index (κ3) is 3.70. The van der Waals surface area contributed by atoms with Crippen molar-refractivity contribution in [1.82, 2.24) is 4.57 Å². The number of nitrogens with zero attached hydrogens (tertiary/aromatic N) is 1. The van der Waals surface area contributed by atoms with Gasteiger partial charge in [0.25, 0.3) is 0 Å². The van der Waals surface area contributed by atoms with Crippen molar-refractivity contribution >= 4 is 17.0 Å². The van der Waals surface area contributed by atoms with Gasteiger partial charge in [-0.3, -0.25) is 4.57 Å². The molecule has 0 radical (unpaired) electrons. The summed E-state index contributed by atoms with van der Waals surface area (Å²) < 4.78 is 7.18. The normalized spacial score (nSPS) is 13.4. The summed E-state index contributed by atoms with van der Waals surface area (Å²) in [5, 5.41) is 1.16. The van der Waals surface area contributed by atoms with Crippen molar-refractivity contribution in [3.8, 4) is 0 Å². The minimum atomic E-state index is -0.491. The Hall–Kier alpha value is -1.77. The van der Waals surface area contributed by atoms with E-state index < -0.39 is 5.60 Å². The van der Waals surface area contributed by atoms with Crippen LogP contribution in [0, 0.1) is 12.8 Å². The molecule has 2 rings (SSSR count). The van der Waals surface area contributed by atoms with E-state index in [9.17, 15) is 4.79 Å². The molecule has 3 nitrogen and oxygen atoms in total. The lowest BCUT2D eigenvalue weighted by Gasteiger charge is -2.19. The SMILES string of the molecule is CCC(C)Cc1cn(C(=O)OC(C)(C)C)c2ccc(C)cc12. The molecule has 0 aliphatic carbocycles. The van der Waals surface area contributed by atoms with Gasteiger partial charge in [-0.05, 0) is 57.7 Å². The van der Waals surface area contributed by atoms with Gasteiger partial charge in [-0.1, -0.05) is 31.9 Å². The highest BCUT2D eigenvalue weighted by Crippen LogP contribution is 2.26. The van der Waals surface area contributed by atoms with Crippen molar-refractivity contribution in [1.29, 1.82) is 0 Å². The van der Waals surface area contributed by atoms with Crippen molar-refractivity contribution in [2.45, 2.75) is 60.0 Å². The zero-order chi connectivity index (χ0) is 16.5. The van der Waals surface area contributed by atoms with Gasteiger partial charge in [0.05, 0.1) is 5.52 Å². The van der Waals surface area contributed by atoms with E-state index in [0.717, 1.165) is 23.7 Å². The van der Waals surface area contributed by atoms with Crippen LogP contribution >= 0.6 is 0 Å². The van der Waals surface area contributed by atoms with Gasteiger partial charge in [0.1, 0.15) is 5.60 Å². The Bertz CT molecular complexity index is 677. The van der Waals surface area contributed by atoms with Crippen LogP contribution in [0.25, 0.3) is 10.9 Å². The molecule has 1 aromatic carbocycles. The topological polar surface area (TPSA) is 31.2 Å². The molecule has 1 aromatic heterocycles. The predicted molar refractivity (Wildman–Crippen MR) is 91.5 cm³/mol. The number of carbonyl (C=O) groups is 1. The first kappa shape index (κ1) is 16.6. The van der Waals surface area contributed by atoms with Crippen LogP contribution in [0.2, 0.25) is 0 Å². The summed E-state index contributed by atoms with van der Waals surface area (Å²) in [6, 6.07) is 6.21. The lowest BCUT2D eigenvalue weighted by molar-refractivity contribution is 0.0544. The molecule has 120 valence electrons. The molecule has 1 unspecified atom stereocenters. The maximum atomic E-state index is 12.5. The lowest BCUT2D eigenvalue weighted by Crippen LogP contribution is -2.26. The largest absolute Gasteiger partial charge is 0.443 e. The third-order valence-corrected chi connectivity index (χ3v) is 3.90. The van der Waals surface area contributed by atoms with Crippen LogP contribution in [-0.4, -0.2) is 16.3 Å². The highest BCUT2D eigenvalue weighted by atomic mass is 16.6. The monoisotopic (exact) mass is 301 g/mol. The second-order valence-corrected chi connectivity index (χ2v) is 7.24. The summed E-state index contributed by atoms with van der Waals surface area (Å²) in [6.07, 6.45) is 3.75. The van der Waals surface area contributed by atoms with Crippen molar-refractivity contribution in [3.05, 3.63) is 35.5 Å². The van der Waals surface area contributed by atoms with Crippen LogP contribution in [0.1, 0.15) is 52.2 Å². The van der Waals surface area contributed by atoms with Crippen molar-refractivity contribution in [2.75, 3.05) is 0 Å². The van der Waals surface area contributed by atoms with Crippen LogP contribution < -0.4 is 0 Å². The van der Waals surface area contributed by atoms with E-state index in [-0.39, 0.29) is 6.09 Å². The van der Waals surface area contributed by atoms with Gasteiger partial charge in [0.2, 0.25) is 0 Å². The second kappa shape index (κ2) is 6.15. The Morgan fingerprint density at radius 3 is 2.59 bits per heavy atom. The number of aromatic nitrogens is 1. The average Bonchev–Trinajstić information content (AvgIpc) is 2.75. The van der Waals surface area contributed by atoms with Gasteiger partial charge in [-0.2, -0.15) is 0 Å². The van der Waals surface area contributed by atoms with E-state index in [1.54, 1.807) is 4.57 Å². The summed E-state index contributed by atoms with van der Waals surface area (Å²) in [6.45, 7) is 12.2. The maximum absolute atomic E-state index is 12.5. The Labute approximate surface area is 133 Å². The number of hydrogen-bond acceptors (Lipinski definition) is 2. The fraction of sp³-hybridized carbons (Fsp3) is 0.526. The molecule has 3 heteroatoms. The smallest absolute Gasteiger partial charge is 0.419 e. The number of carbonyl (C=O) groups excluding carboxylic acids is 1. The second-order valence-electron chi connectivity index (χ2n) is 7.24. The van der Waals surface area contributed by atoms with Crippen LogP contribution in [-0.2, 0) is 11.2 Å². The molecule has 0 bridgehead atoms. The Morgan fingerprint density at radius 1 is 1.32 bits per heavy atom. The fourth-order valence-electron chi connectivity index (χ4n) is 2.56. The van der Waals surface area contributed by atoms with E-state index in [2.05, 4.69) is 26.8 Å². The summed E-state index contributed by atoms with van der Waals surface area (Å²) in [5.41, 5.74) is 2.87. The van der Waals surface area contributed by atoms with Gasteiger partial charge in [0.15, 0.2) is 0 Å². The van der Waals surface area contributed by atoms with Crippen LogP contribution in [0.4, 0.5) is 4.79 Å². The number of hydrogen-bond donors (Lipinski definition) is 0. The molecule has 2 aromatic rings. The average molecular weight is 301 g/mol. The molecule has 0 aliphatic rings. The van der Waals surface area contributed by atoms with Gasteiger partial charge in [-0.15, -0.1) is 0 Å². The van der Waals surface area contributed by atoms with Crippen molar-refractivity contribution in [3.63, 3.8) is 0 Å². The molecule has 0 fully saturated rings. The molecular weight excluding hydrogens is 274 g/mol. The van der Waals surface area contributed by atoms with Crippen molar-refractivity contribution in [2.24, 2.45) is 5.92 Å². The number of fused-ring (bicyclic) bond motifs is 1. The maximum Gasteiger partial charge on any atom is 0.419 e. The molecular formula is C19H27NO2. The van der Waals surface area contributed by atoms with Gasteiger partial charge >= 0.3 is 6.09 Å². The Morgan fingerprint density at radius 2 is 2.00 bits per heavy atom.